The van der Waals surface area contributed by atoms with Gasteiger partial charge in [-0.25, -0.2) is 9.18 Å². The first-order valence-corrected chi connectivity index (χ1v) is 7.60. The molecule has 0 amide bonds. The van der Waals surface area contributed by atoms with Gasteiger partial charge in [0.1, 0.15) is 0 Å². The maximum absolute atomic E-state index is 14.8. The summed E-state index contributed by atoms with van der Waals surface area (Å²) in [6.45, 7) is 5.40. The van der Waals surface area contributed by atoms with Crippen LogP contribution in [0.2, 0.25) is 10.0 Å². The van der Waals surface area contributed by atoms with Crippen LogP contribution in [0, 0.1) is 5.82 Å². The molecule has 3 N–H and O–H groups in total. The maximum Gasteiger partial charge on any atom is 0.340 e. The van der Waals surface area contributed by atoms with Crippen molar-refractivity contribution in [2.75, 3.05) is 18.2 Å². The Morgan fingerprint density at radius 2 is 1.96 bits per heavy atom. The van der Waals surface area contributed by atoms with Crippen LogP contribution in [0.25, 0.3) is 5.57 Å². The van der Waals surface area contributed by atoms with E-state index >= 15 is 0 Å². The summed E-state index contributed by atoms with van der Waals surface area (Å²) in [7, 11) is 1.20. The lowest BCUT2D eigenvalue weighted by molar-refractivity contribution is 0.0601. The zero-order chi connectivity index (χ0) is 18.0. The van der Waals surface area contributed by atoms with Gasteiger partial charge in [-0.3, -0.25) is 0 Å². The topological polar surface area (TPSA) is 64.3 Å². The van der Waals surface area contributed by atoms with Crippen LogP contribution in [0.4, 0.5) is 21.5 Å². The summed E-state index contributed by atoms with van der Waals surface area (Å²) in [6.07, 6.45) is 0. The molecule has 0 radical (unpaired) electrons. The molecular formula is C17H15Cl2FN2O2. The van der Waals surface area contributed by atoms with E-state index in [0.717, 1.165) is 0 Å². The van der Waals surface area contributed by atoms with Crippen molar-refractivity contribution >= 4 is 51.8 Å². The number of halogens is 3. The molecule has 0 atom stereocenters. The van der Waals surface area contributed by atoms with Crippen molar-refractivity contribution in [3.8, 4) is 0 Å². The summed E-state index contributed by atoms with van der Waals surface area (Å²) in [4.78, 5) is 12.0. The number of ether oxygens (including phenoxy) is 1. The predicted molar refractivity (Wildman–Crippen MR) is 96.6 cm³/mol. The van der Waals surface area contributed by atoms with Gasteiger partial charge in [0.15, 0.2) is 5.82 Å². The molecule has 7 heteroatoms. The van der Waals surface area contributed by atoms with E-state index in [4.69, 9.17) is 33.7 Å². The van der Waals surface area contributed by atoms with Crippen LogP contribution in [0.1, 0.15) is 22.8 Å². The molecular weight excluding hydrogens is 354 g/mol. The molecule has 4 nitrogen and oxygen atoms in total. The smallest absolute Gasteiger partial charge is 0.340 e. The fourth-order valence-electron chi connectivity index (χ4n) is 2.14. The normalized spacial score (nSPS) is 10.4. The van der Waals surface area contributed by atoms with E-state index in [9.17, 15) is 9.18 Å². The summed E-state index contributed by atoms with van der Waals surface area (Å²) in [5, 5.41) is 3.47. The van der Waals surface area contributed by atoms with Crippen LogP contribution in [0.3, 0.4) is 0 Å². The zero-order valence-electron chi connectivity index (χ0n) is 13.0. The van der Waals surface area contributed by atoms with Crippen LogP contribution >= 0.6 is 23.2 Å². The highest BCUT2D eigenvalue weighted by atomic mass is 35.5. The number of rotatable bonds is 4. The van der Waals surface area contributed by atoms with Crippen molar-refractivity contribution in [3.63, 3.8) is 0 Å². The van der Waals surface area contributed by atoms with Crippen molar-refractivity contribution in [3.05, 3.63) is 57.8 Å². The van der Waals surface area contributed by atoms with Crippen LogP contribution in [0.15, 0.2) is 30.8 Å². The number of allylic oxidation sites excluding steroid dienone is 1. The number of hydrogen-bond acceptors (Lipinski definition) is 4. The lowest BCUT2D eigenvalue weighted by Gasteiger charge is -2.17. The molecule has 0 aliphatic heterocycles. The minimum absolute atomic E-state index is 0.0202. The van der Waals surface area contributed by atoms with Crippen molar-refractivity contribution in [1.29, 1.82) is 0 Å². The Morgan fingerprint density at radius 3 is 2.50 bits per heavy atom. The van der Waals surface area contributed by atoms with Crippen LogP contribution in [0.5, 0.6) is 0 Å². The van der Waals surface area contributed by atoms with Crippen LogP contribution < -0.4 is 11.1 Å². The second-order valence-electron chi connectivity index (χ2n) is 5.10. The first kappa shape index (κ1) is 18.1. The molecule has 0 unspecified atom stereocenters. The highest BCUT2D eigenvalue weighted by Crippen LogP contribution is 2.36. The summed E-state index contributed by atoms with van der Waals surface area (Å²) in [5.74, 6) is -1.51. The van der Waals surface area contributed by atoms with E-state index in [-0.39, 0.29) is 22.0 Å². The number of hydrogen-bond donors (Lipinski definition) is 2. The average Bonchev–Trinajstić information content (AvgIpc) is 2.53. The van der Waals surface area contributed by atoms with Gasteiger partial charge in [-0.1, -0.05) is 29.8 Å². The minimum atomic E-state index is -0.790. The summed E-state index contributed by atoms with van der Waals surface area (Å²) in [5.41, 5.74) is 6.78. The largest absolute Gasteiger partial charge is 0.465 e. The third-order valence-electron chi connectivity index (χ3n) is 3.36. The van der Waals surface area contributed by atoms with E-state index in [2.05, 4.69) is 11.9 Å². The summed E-state index contributed by atoms with van der Waals surface area (Å²) < 4.78 is 19.5. The molecule has 2 aromatic rings. The molecule has 24 heavy (non-hydrogen) atoms. The number of esters is 1. The van der Waals surface area contributed by atoms with Gasteiger partial charge in [0.05, 0.1) is 34.8 Å². The first-order chi connectivity index (χ1) is 11.3. The maximum atomic E-state index is 14.8. The molecule has 2 rings (SSSR count). The Balaban J connectivity index is 2.65. The zero-order valence-corrected chi connectivity index (χ0v) is 14.6. The van der Waals surface area contributed by atoms with Gasteiger partial charge >= 0.3 is 5.97 Å². The monoisotopic (exact) mass is 368 g/mol. The van der Waals surface area contributed by atoms with Crippen molar-refractivity contribution < 1.29 is 13.9 Å². The van der Waals surface area contributed by atoms with Gasteiger partial charge in [-0.05, 0) is 36.8 Å². The van der Waals surface area contributed by atoms with Crippen LogP contribution in [-0.2, 0) is 4.74 Å². The van der Waals surface area contributed by atoms with Gasteiger partial charge in [0.2, 0.25) is 0 Å². The predicted octanol–water partition coefficient (Wildman–Crippen LogP) is 5.28. The van der Waals surface area contributed by atoms with Gasteiger partial charge in [-0.2, -0.15) is 0 Å². The number of carbonyl (C=O) groups is 1. The minimum Gasteiger partial charge on any atom is -0.465 e. The van der Waals surface area contributed by atoms with E-state index < -0.39 is 11.8 Å². The lowest BCUT2D eigenvalue weighted by atomic mass is 10.0. The lowest BCUT2D eigenvalue weighted by Crippen LogP contribution is -2.11. The van der Waals surface area contributed by atoms with E-state index in [0.29, 0.717) is 21.8 Å². The number of nitrogens with one attached hydrogen (secondary N) is 1. The van der Waals surface area contributed by atoms with E-state index in [1.54, 1.807) is 19.1 Å². The number of benzene rings is 2. The van der Waals surface area contributed by atoms with E-state index in [1.807, 2.05) is 0 Å². The summed E-state index contributed by atoms with van der Waals surface area (Å²) >= 11 is 11.9. The number of nitrogen functional groups attached to an aromatic ring is 1. The van der Waals surface area contributed by atoms with Gasteiger partial charge < -0.3 is 15.8 Å². The van der Waals surface area contributed by atoms with Crippen LogP contribution in [-0.4, -0.2) is 13.1 Å². The number of carbonyl (C=O) groups excluding carboxylic acids is 1. The molecule has 126 valence electrons. The second-order valence-corrected chi connectivity index (χ2v) is 5.94. The molecule has 0 heterocycles. The Morgan fingerprint density at radius 1 is 1.29 bits per heavy atom. The first-order valence-electron chi connectivity index (χ1n) is 6.84. The fraction of sp³-hybridized carbons (Fsp3) is 0.118. The Bertz CT molecular complexity index is 838. The Labute approximate surface area is 149 Å². The van der Waals surface area contributed by atoms with Crippen molar-refractivity contribution in [2.45, 2.75) is 6.92 Å². The third kappa shape index (κ3) is 3.47. The quantitative estimate of drug-likeness (QED) is 0.569. The average molecular weight is 369 g/mol. The molecule has 0 spiro atoms. The number of nitrogens with two attached hydrogens (primary N) is 1. The Hall–Kier alpha value is -2.24. The molecule has 0 saturated carbocycles. The van der Waals surface area contributed by atoms with Gasteiger partial charge in [0, 0.05) is 10.6 Å². The highest BCUT2D eigenvalue weighted by Gasteiger charge is 2.22. The fourth-order valence-corrected chi connectivity index (χ4v) is 2.59. The number of anilines is 3. The molecule has 0 aliphatic carbocycles. The molecule has 2 aromatic carbocycles. The molecule has 0 bridgehead atoms. The SMILES string of the molecule is C=C(C)c1cc(C(=O)OC)c(Nc2ccc(Cl)cc2Cl)c(F)c1N. The Kier molecular flexibility index (Phi) is 5.36. The van der Waals surface area contributed by atoms with Crippen molar-refractivity contribution in [1.82, 2.24) is 0 Å². The third-order valence-corrected chi connectivity index (χ3v) is 3.91. The van der Waals surface area contributed by atoms with Gasteiger partial charge in [0.25, 0.3) is 0 Å². The summed E-state index contributed by atoms with van der Waals surface area (Å²) in [6, 6.07) is 6.07. The standard InChI is InChI=1S/C17H15Cl2FN2O2/c1-8(2)10-7-11(17(23)24-3)16(14(20)15(10)21)22-13-5-4-9(18)6-12(13)19/h4-7,22H,1,21H2,2-3H3. The molecule has 0 aliphatic rings. The second kappa shape index (κ2) is 7.11. The van der Waals surface area contributed by atoms with Gasteiger partial charge in [-0.15, -0.1) is 0 Å². The number of methoxy groups -OCH3 is 1. The highest BCUT2D eigenvalue weighted by molar-refractivity contribution is 6.36. The van der Waals surface area contributed by atoms with Crippen molar-refractivity contribution in [2.24, 2.45) is 0 Å². The van der Waals surface area contributed by atoms with E-state index in [1.165, 1.54) is 19.2 Å². The molecule has 0 fully saturated rings. The molecule has 0 saturated heterocycles. The molecule has 0 aromatic heterocycles.